The Labute approximate surface area is 160 Å². The summed E-state index contributed by atoms with van der Waals surface area (Å²) in [5, 5.41) is 9.14. The highest BCUT2D eigenvalue weighted by molar-refractivity contribution is 8.27. The van der Waals surface area contributed by atoms with Crippen LogP contribution in [0.5, 0.6) is 5.75 Å². The quantitative estimate of drug-likeness (QED) is 0.631. The van der Waals surface area contributed by atoms with Crippen LogP contribution in [-0.2, 0) is 4.79 Å². The zero-order valence-corrected chi connectivity index (χ0v) is 15.7. The van der Waals surface area contributed by atoms with Crippen LogP contribution >= 0.6 is 24.0 Å². The molecule has 1 aliphatic heterocycles. The lowest BCUT2D eigenvalue weighted by molar-refractivity contribution is -0.113. The van der Waals surface area contributed by atoms with Gasteiger partial charge in [0.1, 0.15) is 5.75 Å². The maximum absolute atomic E-state index is 12.8. The van der Waals surface area contributed by atoms with Gasteiger partial charge in [0, 0.05) is 0 Å². The molecule has 0 radical (unpaired) electrons. The molecule has 5 nitrogen and oxygen atoms in total. The van der Waals surface area contributed by atoms with Gasteiger partial charge in [-0.15, -0.1) is 0 Å². The lowest BCUT2D eigenvalue weighted by Gasteiger charge is -2.14. The van der Waals surface area contributed by atoms with Gasteiger partial charge in [0.05, 0.1) is 23.3 Å². The van der Waals surface area contributed by atoms with Gasteiger partial charge in [-0.1, -0.05) is 42.2 Å². The van der Waals surface area contributed by atoms with Crippen LogP contribution in [0.4, 0.5) is 5.69 Å². The Morgan fingerprint density at radius 1 is 1.27 bits per heavy atom. The lowest BCUT2D eigenvalue weighted by Crippen LogP contribution is -2.27. The lowest BCUT2D eigenvalue weighted by atomic mass is 10.1. The highest BCUT2D eigenvalue weighted by Gasteiger charge is 2.33. The zero-order valence-electron chi connectivity index (χ0n) is 14.1. The standard InChI is InChI=1S/C19H15NO4S2/c1-11-6-7-12(8-15(11)24-2)9-16-17(21)20(19(25)26-16)14-5-3-4-13(10-14)18(22)23/h3-10H,1-2H3,(H,22,23)/b16-9-. The Bertz CT molecular complexity index is 952. The van der Waals surface area contributed by atoms with Gasteiger partial charge >= 0.3 is 5.97 Å². The molecular weight excluding hydrogens is 370 g/mol. The summed E-state index contributed by atoms with van der Waals surface area (Å²) in [6.07, 6.45) is 1.75. The van der Waals surface area contributed by atoms with Crippen LogP contribution in [0, 0.1) is 6.92 Å². The fraction of sp³-hybridized carbons (Fsp3) is 0.105. The Kier molecular flexibility index (Phi) is 5.11. The summed E-state index contributed by atoms with van der Waals surface area (Å²) in [6, 6.07) is 11.8. The van der Waals surface area contributed by atoms with Gasteiger partial charge in [-0.2, -0.15) is 0 Å². The van der Waals surface area contributed by atoms with Crippen molar-refractivity contribution in [1.82, 2.24) is 0 Å². The molecule has 7 heteroatoms. The largest absolute Gasteiger partial charge is 0.496 e. The van der Waals surface area contributed by atoms with E-state index in [2.05, 4.69) is 0 Å². The number of methoxy groups -OCH3 is 1. The van der Waals surface area contributed by atoms with Crippen molar-refractivity contribution in [3.8, 4) is 5.75 Å². The minimum absolute atomic E-state index is 0.101. The third-order valence-electron chi connectivity index (χ3n) is 3.87. The van der Waals surface area contributed by atoms with Crippen molar-refractivity contribution in [2.24, 2.45) is 0 Å². The summed E-state index contributed by atoms with van der Waals surface area (Å²) in [6.45, 7) is 1.94. The van der Waals surface area contributed by atoms with E-state index < -0.39 is 5.97 Å². The third-order valence-corrected chi connectivity index (χ3v) is 5.18. The van der Waals surface area contributed by atoms with E-state index in [1.54, 1.807) is 25.3 Å². The van der Waals surface area contributed by atoms with Crippen LogP contribution in [0.3, 0.4) is 0 Å². The van der Waals surface area contributed by atoms with Crippen molar-refractivity contribution in [3.63, 3.8) is 0 Å². The van der Waals surface area contributed by atoms with Crippen molar-refractivity contribution in [2.45, 2.75) is 6.92 Å². The fourth-order valence-electron chi connectivity index (χ4n) is 2.55. The highest BCUT2D eigenvalue weighted by atomic mass is 32.2. The molecule has 1 aliphatic rings. The Hall–Kier alpha value is -2.64. The molecule has 0 bridgehead atoms. The first-order valence-electron chi connectivity index (χ1n) is 7.66. The molecule has 3 rings (SSSR count). The molecule has 0 aromatic heterocycles. The maximum atomic E-state index is 12.8. The number of hydrogen-bond acceptors (Lipinski definition) is 5. The Balaban J connectivity index is 1.94. The molecule has 26 heavy (non-hydrogen) atoms. The number of amides is 1. The second-order valence-corrected chi connectivity index (χ2v) is 7.28. The number of nitrogens with zero attached hydrogens (tertiary/aromatic N) is 1. The number of anilines is 1. The minimum atomic E-state index is -1.06. The van der Waals surface area contributed by atoms with Crippen LogP contribution < -0.4 is 9.64 Å². The SMILES string of the molecule is COc1cc(/C=C2\SC(=S)N(c3cccc(C(=O)O)c3)C2=O)ccc1C. The topological polar surface area (TPSA) is 66.8 Å². The average molecular weight is 385 g/mol. The molecular formula is C19H15NO4S2. The van der Waals surface area contributed by atoms with E-state index in [0.29, 0.717) is 14.9 Å². The summed E-state index contributed by atoms with van der Waals surface area (Å²) in [7, 11) is 1.60. The number of carboxylic acids is 1. The summed E-state index contributed by atoms with van der Waals surface area (Å²) in [5.74, 6) is -0.593. The molecule has 2 aromatic rings. The number of hydrogen-bond donors (Lipinski definition) is 1. The molecule has 0 unspecified atom stereocenters. The molecule has 0 spiro atoms. The molecule has 1 saturated heterocycles. The molecule has 132 valence electrons. The molecule has 1 amide bonds. The number of rotatable bonds is 4. The van der Waals surface area contributed by atoms with Crippen molar-refractivity contribution < 1.29 is 19.4 Å². The van der Waals surface area contributed by atoms with Gasteiger partial charge in [-0.25, -0.2) is 4.79 Å². The summed E-state index contributed by atoms with van der Waals surface area (Å²) in [5.41, 5.74) is 2.37. The van der Waals surface area contributed by atoms with Gasteiger partial charge in [0.15, 0.2) is 4.32 Å². The second-order valence-electron chi connectivity index (χ2n) is 5.60. The first-order chi connectivity index (χ1) is 12.4. The van der Waals surface area contributed by atoms with E-state index in [1.165, 1.54) is 28.8 Å². The number of carboxylic acid groups (broad SMARTS) is 1. The highest BCUT2D eigenvalue weighted by Crippen LogP contribution is 2.36. The van der Waals surface area contributed by atoms with Crippen LogP contribution in [0.15, 0.2) is 47.4 Å². The number of ether oxygens (including phenoxy) is 1. The van der Waals surface area contributed by atoms with E-state index in [-0.39, 0.29) is 11.5 Å². The molecule has 1 N–H and O–H groups in total. The van der Waals surface area contributed by atoms with E-state index in [0.717, 1.165) is 16.9 Å². The molecule has 2 aromatic carbocycles. The Morgan fingerprint density at radius 3 is 2.73 bits per heavy atom. The third kappa shape index (κ3) is 3.49. The van der Waals surface area contributed by atoms with Crippen molar-refractivity contribution >= 4 is 51.9 Å². The van der Waals surface area contributed by atoms with Crippen LogP contribution in [0.25, 0.3) is 6.08 Å². The van der Waals surface area contributed by atoms with E-state index in [4.69, 9.17) is 22.1 Å². The number of thiocarbonyl (C=S) groups is 1. The number of carbonyl (C=O) groups excluding carboxylic acids is 1. The summed E-state index contributed by atoms with van der Waals surface area (Å²) < 4.78 is 5.68. The molecule has 1 heterocycles. The van der Waals surface area contributed by atoms with Crippen molar-refractivity contribution in [3.05, 3.63) is 64.1 Å². The Morgan fingerprint density at radius 2 is 2.04 bits per heavy atom. The molecule has 0 atom stereocenters. The van der Waals surface area contributed by atoms with Gasteiger partial charge in [-0.3, -0.25) is 9.69 Å². The summed E-state index contributed by atoms with van der Waals surface area (Å²) in [4.78, 5) is 25.8. The normalized spacial score (nSPS) is 15.6. The number of thioether (sulfide) groups is 1. The van der Waals surface area contributed by atoms with Crippen LogP contribution in [-0.4, -0.2) is 28.4 Å². The monoisotopic (exact) mass is 385 g/mol. The first kappa shape index (κ1) is 18.2. The molecule has 0 saturated carbocycles. The fourth-order valence-corrected chi connectivity index (χ4v) is 3.85. The number of aromatic carboxylic acids is 1. The molecule has 1 fully saturated rings. The van der Waals surface area contributed by atoms with Gasteiger partial charge in [0.25, 0.3) is 5.91 Å². The number of benzene rings is 2. The van der Waals surface area contributed by atoms with Crippen LogP contribution in [0.1, 0.15) is 21.5 Å². The average Bonchev–Trinajstić information content (AvgIpc) is 2.90. The smallest absolute Gasteiger partial charge is 0.335 e. The van der Waals surface area contributed by atoms with Crippen molar-refractivity contribution in [1.29, 1.82) is 0 Å². The predicted octanol–water partition coefficient (Wildman–Crippen LogP) is 4.11. The second kappa shape index (κ2) is 7.31. The number of carbonyl (C=O) groups is 2. The van der Waals surface area contributed by atoms with E-state index in [9.17, 15) is 9.59 Å². The minimum Gasteiger partial charge on any atom is -0.496 e. The van der Waals surface area contributed by atoms with Gasteiger partial charge in [-0.05, 0) is 48.4 Å². The van der Waals surface area contributed by atoms with E-state index >= 15 is 0 Å². The van der Waals surface area contributed by atoms with Crippen LogP contribution in [0.2, 0.25) is 0 Å². The van der Waals surface area contributed by atoms with Gasteiger partial charge < -0.3 is 9.84 Å². The summed E-state index contributed by atoms with van der Waals surface area (Å²) >= 11 is 6.51. The number of aryl methyl sites for hydroxylation is 1. The zero-order chi connectivity index (χ0) is 18.8. The van der Waals surface area contributed by atoms with Crippen molar-refractivity contribution in [2.75, 3.05) is 12.0 Å². The van der Waals surface area contributed by atoms with Gasteiger partial charge in [0.2, 0.25) is 0 Å². The van der Waals surface area contributed by atoms with E-state index in [1.807, 2.05) is 25.1 Å². The predicted molar refractivity (Wildman–Crippen MR) is 107 cm³/mol. The first-order valence-corrected chi connectivity index (χ1v) is 8.89. The maximum Gasteiger partial charge on any atom is 0.335 e. The molecule has 0 aliphatic carbocycles.